The molecule has 1 saturated heterocycles. The normalized spacial score (nSPS) is 19.5. The van der Waals surface area contributed by atoms with E-state index in [4.69, 9.17) is 9.47 Å². The van der Waals surface area contributed by atoms with Crippen LogP contribution in [0.25, 0.3) is 0 Å². The van der Waals surface area contributed by atoms with Crippen molar-refractivity contribution in [2.75, 3.05) is 33.9 Å². The van der Waals surface area contributed by atoms with Crippen molar-refractivity contribution in [3.8, 4) is 11.5 Å². The number of methoxy groups -OCH3 is 2. The molecule has 6 nitrogen and oxygen atoms in total. The zero-order valence-electron chi connectivity index (χ0n) is 17.2. The lowest BCUT2D eigenvalue weighted by atomic mass is 9.87. The molecule has 1 aliphatic heterocycles. The molecule has 2 rings (SSSR count). The zero-order valence-corrected chi connectivity index (χ0v) is 17.2. The summed E-state index contributed by atoms with van der Waals surface area (Å²) >= 11 is 0. The van der Waals surface area contributed by atoms with Gasteiger partial charge in [-0.1, -0.05) is 33.8 Å². The van der Waals surface area contributed by atoms with Gasteiger partial charge in [0.2, 0.25) is 11.8 Å². The van der Waals surface area contributed by atoms with Crippen molar-refractivity contribution in [2.24, 2.45) is 17.8 Å². The lowest BCUT2D eigenvalue weighted by molar-refractivity contribution is -0.133. The second-order valence-electron chi connectivity index (χ2n) is 7.86. The van der Waals surface area contributed by atoms with Crippen molar-refractivity contribution < 1.29 is 19.1 Å². The SMILES string of the molecule is COc1ccc([C@@H]2CN(C(=O)C(C)C)C[C@@H]2C(=O)NCC(C)C)c(OC)c1. The number of rotatable bonds is 7. The van der Waals surface area contributed by atoms with Gasteiger partial charge in [0.05, 0.1) is 20.1 Å². The first-order chi connectivity index (χ1) is 12.8. The van der Waals surface area contributed by atoms with Crippen molar-refractivity contribution in [3.63, 3.8) is 0 Å². The number of benzene rings is 1. The molecule has 2 atom stereocenters. The summed E-state index contributed by atoms with van der Waals surface area (Å²) in [7, 11) is 3.22. The summed E-state index contributed by atoms with van der Waals surface area (Å²) in [5.74, 6) is 1.31. The van der Waals surface area contributed by atoms with Crippen LogP contribution in [0.3, 0.4) is 0 Å². The Hall–Kier alpha value is -2.24. The van der Waals surface area contributed by atoms with E-state index in [2.05, 4.69) is 19.2 Å². The molecular weight excluding hydrogens is 344 g/mol. The van der Waals surface area contributed by atoms with Crippen LogP contribution in [0.5, 0.6) is 11.5 Å². The minimum atomic E-state index is -0.297. The van der Waals surface area contributed by atoms with Crippen LogP contribution in [0.1, 0.15) is 39.2 Å². The van der Waals surface area contributed by atoms with Crippen molar-refractivity contribution in [1.29, 1.82) is 0 Å². The van der Waals surface area contributed by atoms with E-state index in [9.17, 15) is 9.59 Å². The second-order valence-corrected chi connectivity index (χ2v) is 7.86. The third-order valence-corrected chi connectivity index (χ3v) is 4.99. The summed E-state index contributed by atoms with van der Waals surface area (Å²) < 4.78 is 10.8. The summed E-state index contributed by atoms with van der Waals surface area (Å²) in [5, 5.41) is 3.03. The monoisotopic (exact) mass is 376 g/mol. The molecule has 0 spiro atoms. The smallest absolute Gasteiger partial charge is 0.225 e. The first-order valence-electron chi connectivity index (χ1n) is 9.56. The number of ether oxygens (including phenoxy) is 2. The molecule has 1 N–H and O–H groups in total. The van der Waals surface area contributed by atoms with Crippen LogP contribution in [0.4, 0.5) is 0 Å². The van der Waals surface area contributed by atoms with Gasteiger partial charge in [0.15, 0.2) is 0 Å². The Bertz CT molecular complexity index is 672. The number of amides is 2. The molecule has 2 amide bonds. The first-order valence-corrected chi connectivity index (χ1v) is 9.56. The highest BCUT2D eigenvalue weighted by atomic mass is 16.5. The maximum Gasteiger partial charge on any atom is 0.225 e. The maximum absolute atomic E-state index is 12.9. The van der Waals surface area contributed by atoms with E-state index in [1.165, 1.54) is 0 Å². The molecule has 1 fully saturated rings. The number of carbonyl (C=O) groups is 2. The fraction of sp³-hybridized carbons (Fsp3) is 0.619. The van der Waals surface area contributed by atoms with Gasteiger partial charge in [0.1, 0.15) is 11.5 Å². The molecule has 0 saturated carbocycles. The van der Waals surface area contributed by atoms with Crippen molar-refractivity contribution in [2.45, 2.75) is 33.6 Å². The van der Waals surface area contributed by atoms with Gasteiger partial charge in [-0.3, -0.25) is 9.59 Å². The van der Waals surface area contributed by atoms with Gasteiger partial charge in [-0.15, -0.1) is 0 Å². The van der Waals surface area contributed by atoms with Crippen LogP contribution >= 0.6 is 0 Å². The van der Waals surface area contributed by atoms with E-state index >= 15 is 0 Å². The number of nitrogens with zero attached hydrogens (tertiary/aromatic N) is 1. The summed E-state index contributed by atoms with van der Waals surface area (Å²) in [6.45, 7) is 9.47. The molecular formula is C21H32N2O4. The molecule has 1 heterocycles. The number of nitrogens with one attached hydrogen (secondary N) is 1. The van der Waals surface area contributed by atoms with E-state index in [0.29, 0.717) is 37.1 Å². The van der Waals surface area contributed by atoms with Crippen LogP contribution in [0.15, 0.2) is 18.2 Å². The highest BCUT2D eigenvalue weighted by molar-refractivity contribution is 5.84. The molecule has 0 bridgehead atoms. The molecule has 0 unspecified atom stereocenters. The lowest BCUT2D eigenvalue weighted by Crippen LogP contribution is -2.37. The van der Waals surface area contributed by atoms with Crippen LogP contribution < -0.4 is 14.8 Å². The van der Waals surface area contributed by atoms with Crippen LogP contribution in [0.2, 0.25) is 0 Å². The number of likely N-dealkylation sites (tertiary alicyclic amines) is 1. The van der Waals surface area contributed by atoms with E-state index < -0.39 is 0 Å². The molecule has 1 aliphatic rings. The third-order valence-electron chi connectivity index (χ3n) is 4.99. The van der Waals surface area contributed by atoms with Gasteiger partial charge in [-0.05, 0) is 12.0 Å². The van der Waals surface area contributed by atoms with Crippen molar-refractivity contribution in [1.82, 2.24) is 10.2 Å². The summed E-state index contributed by atoms with van der Waals surface area (Å²) in [6, 6.07) is 5.63. The number of hydrogen-bond acceptors (Lipinski definition) is 4. The van der Waals surface area contributed by atoms with Gasteiger partial charge in [0, 0.05) is 43.1 Å². The molecule has 150 valence electrons. The predicted octanol–water partition coefficient (Wildman–Crippen LogP) is 2.67. The first kappa shape index (κ1) is 21.1. The zero-order chi connectivity index (χ0) is 20.1. The molecule has 0 radical (unpaired) electrons. The fourth-order valence-electron chi connectivity index (χ4n) is 3.49. The molecule has 0 aromatic heterocycles. The minimum Gasteiger partial charge on any atom is -0.497 e. The Kier molecular flexibility index (Phi) is 7.11. The van der Waals surface area contributed by atoms with Crippen molar-refractivity contribution in [3.05, 3.63) is 23.8 Å². The summed E-state index contributed by atoms with van der Waals surface area (Å²) in [4.78, 5) is 27.2. The summed E-state index contributed by atoms with van der Waals surface area (Å²) in [5.41, 5.74) is 0.932. The average molecular weight is 376 g/mol. The van der Waals surface area contributed by atoms with Gasteiger partial charge in [0.25, 0.3) is 0 Å². The highest BCUT2D eigenvalue weighted by Crippen LogP contribution is 2.39. The van der Waals surface area contributed by atoms with Crippen LogP contribution in [-0.2, 0) is 9.59 Å². The lowest BCUT2D eigenvalue weighted by Gasteiger charge is -2.21. The molecule has 6 heteroatoms. The van der Waals surface area contributed by atoms with E-state index in [0.717, 1.165) is 5.56 Å². The summed E-state index contributed by atoms with van der Waals surface area (Å²) in [6.07, 6.45) is 0. The predicted molar refractivity (Wildman–Crippen MR) is 105 cm³/mol. The highest BCUT2D eigenvalue weighted by Gasteiger charge is 2.41. The maximum atomic E-state index is 12.9. The van der Waals surface area contributed by atoms with E-state index in [-0.39, 0.29) is 29.6 Å². The molecule has 27 heavy (non-hydrogen) atoms. The average Bonchev–Trinajstić information content (AvgIpc) is 3.09. The van der Waals surface area contributed by atoms with Gasteiger partial charge in [-0.25, -0.2) is 0 Å². The van der Waals surface area contributed by atoms with Crippen LogP contribution in [0, 0.1) is 17.8 Å². The van der Waals surface area contributed by atoms with E-state index in [1.807, 2.05) is 32.0 Å². The standard InChI is InChI=1S/C21H32N2O4/c1-13(2)10-22-20(24)18-12-23(21(25)14(3)4)11-17(18)16-8-7-15(26-5)9-19(16)27-6/h7-9,13-14,17-18H,10-12H2,1-6H3,(H,22,24)/t17-,18-/m0/s1. The van der Waals surface area contributed by atoms with Crippen LogP contribution in [-0.4, -0.2) is 50.6 Å². The molecule has 1 aromatic carbocycles. The number of carbonyl (C=O) groups excluding carboxylic acids is 2. The molecule has 0 aliphatic carbocycles. The third kappa shape index (κ3) is 4.93. The van der Waals surface area contributed by atoms with Gasteiger partial charge < -0.3 is 19.7 Å². The quantitative estimate of drug-likeness (QED) is 0.794. The van der Waals surface area contributed by atoms with Gasteiger partial charge >= 0.3 is 0 Å². The number of hydrogen-bond donors (Lipinski definition) is 1. The topological polar surface area (TPSA) is 67.9 Å². The minimum absolute atomic E-state index is 0.00868. The Morgan fingerprint density at radius 2 is 1.85 bits per heavy atom. The second kappa shape index (κ2) is 9.11. The Balaban J connectivity index is 2.34. The Morgan fingerprint density at radius 1 is 1.15 bits per heavy atom. The van der Waals surface area contributed by atoms with E-state index in [1.54, 1.807) is 19.1 Å². The fourth-order valence-corrected chi connectivity index (χ4v) is 3.49. The Morgan fingerprint density at radius 3 is 2.41 bits per heavy atom. The molecule has 1 aromatic rings. The van der Waals surface area contributed by atoms with Crippen molar-refractivity contribution >= 4 is 11.8 Å². The Labute approximate surface area is 162 Å². The van der Waals surface area contributed by atoms with Gasteiger partial charge in [-0.2, -0.15) is 0 Å². The largest absolute Gasteiger partial charge is 0.497 e.